The molecular formula is C50H58ClN5O8. The Labute approximate surface area is 379 Å². The quantitative estimate of drug-likeness (QED) is 0.139. The number of urea groups is 1. The molecule has 338 valence electrons. The lowest BCUT2D eigenvalue weighted by Gasteiger charge is -2.48. The van der Waals surface area contributed by atoms with Crippen molar-refractivity contribution >= 4 is 63.4 Å². The van der Waals surface area contributed by atoms with Crippen LogP contribution in [0.25, 0.3) is 0 Å². The molecule has 4 aliphatic carbocycles. The molecule has 0 radical (unpaired) electrons. The van der Waals surface area contributed by atoms with Gasteiger partial charge in [-0.05, 0) is 104 Å². The molecule has 6 unspecified atom stereocenters. The molecule has 14 heteroatoms. The van der Waals surface area contributed by atoms with E-state index in [1.807, 2.05) is 80.3 Å². The highest BCUT2D eigenvalue weighted by molar-refractivity contribution is 6.66. The first-order valence-corrected chi connectivity index (χ1v) is 23.7. The molecule has 13 nitrogen and oxygen atoms in total. The van der Waals surface area contributed by atoms with E-state index in [4.69, 9.17) is 21.8 Å². The normalized spacial score (nSPS) is 24.9. The average molecular weight is 892 g/mol. The summed E-state index contributed by atoms with van der Waals surface area (Å²) in [7, 11) is 0. The Balaban J connectivity index is 0.000000167. The number of ketones is 2. The van der Waals surface area contributed by atoms with Gasteiger partial charge in [0.1, 0.15) is 13.2 Å². The molecule has 3 aromatic rings. The Bertz CT molecular complexity index is 2300. The van der Waals surface area contributed by atoms with E-state index >= 15 is 0 Å². The third kappa shape index (κ3) is 8.47. The number of hydrogen-bond acceptors (Lipinski definition) is 8. The predicted octanol–water partition coefficient (Wildman–Crippen LogP) is 7.64. The highest BCUT2D eigenvalue weighted by atomic mass is 35.5. The number of carbonyl (C=O) groups excluding carboxylic acids is 6. The second-order valence-corrected chi connectivity index (χ2v) is 18.9. The van der Waals surface area contributed by atoms with E-state index in [-0.39, 0.29) is 103 Å². The molecule has 10 rings (SSSR count). The number of para-hydroxylation sites is 3. The van der Waals surface area contributed by atoms with Crippen molar-refractivity contribution in [3.63, 3.8) is 0 Å². The fraction of sp³-hybridized carbons (Fsp3) is 0.520. The molecule has 6 atom stereocenters. The largest absolute Gasteiger partial charge is 0.389 e. The summed E-state index contributed by atoms with van der Waals surface area (Å²) in [6.45, 7) is -0.367. The monoisotopic (exact) mass is 891 g/mol. The summed E-state index contributed by atoms with van der Waals surface area (Å²) >= 11 is 5.96. The molecule has 0 spiro atoms. The van der Waals surface area contributed by atoms with E-state index in [0.717, 1.165) is 98.8 Å². The Hall–Kier alpha value is -5.11. The number of Topliss-reactive ketones (excluding diaryl/α,β-unsaturated/α-hetero) is 2. The summed E-state index contributed by atoms with van der Waals surface area (Å²) in [6, 6.07) is 24.2. The minimum absolute atomic E-state index is 0.00183. The van der Waals surface area contributed by atoms with Gasteiger partial charge in [0.25, 0.3) is 0 Å². The van der Waals surface area contributed by atoms with E-state index in [0.29, 0.717) is 6.54 Å². The van der Waals surface area contributed by atoms with Crippen LogP contribution < -0.4 is 14.7 Å². The first kappa shape index (κ1) is 44.1. The maximum absolute atomic E-state index is 14.1. The molecule has 3 heterocycles. The Morgan fingerprint density at radius 1 is 0.562 bits per heavy atom. The van der Waals surface area contributed by atoms with Crippen LogP contribution in [-0.2, 0) is 25.6 Å². The average Bonchev–Trinajstić information content (AvgIpc) is 4.18. The molecule has 7 aliphatic rings. The number of rotatable bonds is 12. The van der Waals surface area contributed by atoms with Gasteiger partial charge in [-0.15, -0.1) is 0 Å². The third-order valence-corrected chi connectivity index (χ3v) is 14.9. The maximum Gasteiger partial charge on any atom is 0.329 e. The van der Waals surface area contributed by atoms with Gasteiger partial charge in [0, 0.05) is 73.9 Å². The smallest absolute Gasteiger partial charge is 0.329 e. The van der Waals surface area contributed by atoms with E-state index in [1.165, 1.54) is 5.56 Å². The molecular weight excluding hydrogens is 834 g/mol. The van der Waals surface area contributed by atoms with Gasteiger partial charge in [0.05, 0.1) is 23.5 Å². The Morgan fingerprint density at radius 2 is 1.02 bits per heavy atom. The Morgan fingerprint density at radius 3 is 1.50 bits per heavy atom. The van der Waals surface area contributed by atoms with Crippen LogP contribution in [0.4, 0.5) is 26.7 Å². The van der Waals surface area contributed by atoms with Crippen molar-refractivity contribution in [1.82, 2.24) is 9.80 Å². The van der Waals surface area contributed by atoms with Gasteiger partial charge in [-0.3, -0.25) is 38.7 Å². The number of benzene rings is 3. The van der Waals surface area contributed by atoms with Gasteiger partial charge in [-0.25, -0.2) is 4.79 Å². The minimum atomic E-state index is -0.527. The summed E-state index contributed by atoms with van der Waals surface area (Å²) in [5, 5.41) is 17.6. The zero-order chi connectivity index (χ0) is 44.6. The van der Waals surface area contributed by atoms with Crippen molar-refractivity contribution in [3.05, 3.63) is 89.5 Å². The lowest BCUT2D eigenvalue weighted by Crippen LogP contribution is -2.56. The number of amides is 5. The van der Waals surface area contributed by atoms with Crippen LogP contribution in [-0.4, -0.2) is 98.7 Å². The number of carbonyl (C=O) groups is 6. The molecule has 3 aliphatic heterocycles. The van der Waals surface area contributed by atoms with Crippen LogP contribution in [0.2, 0.25) is 0 Å². The third-order valence-electron chi connectivity index (χ3n) is 14.7. The molecule has 0 aromatic heterocycles. The molecule has 0 bridgehead atoms. The predicted molar refractivity (Wildman–Crippen MR) is 242 cm³/mol. The van der Waals surface area contributed by atoms with E-state index in [1.54, 1.807) is 4.90 Å². The van der Waals surface area contributed by atoms with Crippen LogP contribution >= 0.6 is 11.6 Å². The van der Waals surface area contributed by atoms with Crippen molar-refractivity contribution in [2.75, 3.05) is 34.5 Å². The number of aliphatic hydroxyl groups excluding tert-OH is 2. The van der Waals surface area contributed by atoms with Crippen molar-refractivity contribution in [1.29, 1.82) is 0 Å². The van der Waals surface area contributed by atoms with Crippen LogP contribution in [0.15, 0.2) is 72.8 Å². The SMILES string of the molecule is O=C(CO)CCC(=O)N(C1CC1)C1c2ccccc2N(C(=O)Cl)C2CCCC21.O=C(CO)CCC(=O)N(C1CC1)C1c2ccccc2N(C(=O)N2CCc3ccccc32)C2CCCC21. The van der Waals surface area contributed by atoms with Gasteiger partial charge in [-0.1, -0.05) is 67.4 Å². The zero-order valence-corrected chi connectivity index (χ0v) is 37.0. The number of hydrogen-bond donors (Lipinski definition) is 2. The summed E-state index contributed by atoms with van der Waals surface area (Å²) in [6.07, 6.45) is 10.9. The lowest BCUT2D eigenvalue weighted by molar-refractivity contribution is -0.138. The highest BCUT2D eigenvalue weighted by Crippen LogP contribution is 2.55. The molecule has 0 saturated heterocycles. The van der Waals surface area contributed by atoms with E-state index in [9.17, 15) is 28.8 Å². The fourth-order valence-corrected chi connectivity index (χ4v) is 11.9. The van der Waals surface area contributed by atoms with Gasteiger partial charge in [0.15, 0.2) is 11.6 Å². The molecule has 4 saturated carbocycles. The first-order valence-electron chi connectivity index (χ1n) is 23.3. The van der Waals surface area contributed by atoms with Crippen molar-refractivity contribution in [2.24, 2.45) is 11.8 Å². The molecule has 2 N–H and O–H groups in total. The minimum Gasteiger partial charge on any atom is -0.389 e. The van der Waals surface area contributed by atoms with E-state index in [2.05, 4.69) is 12.1 Å². The highest BCUT2D eigenvalue weighted by Gasteiger charge is 2.53. The second-order valence-electron chi connectivity index (χ2n) is 18.6. The molecule has 4 fully saturated rings. The van der Waals surface area contributed by atoms with Gasteiger partial charge in [-0.2, -0.15) is 0 Å². The van der Waals surface area contributed by atoms with Gasteiger partial charge >= 0.3 is 11.4 Å². The van der Waals surface area contributed by atoms with Crippen molar-refractivity contribution in [2.45, 2.75) is 133 Å². The topological polar surface area (TPSA) is 159 Å². The summed E-state index contributed by atoms with van der Waals surface area (Å²) in [4.78, 5) is 85.9. The molecule has 64 heavy (non-hydrogen) atoms. The number of halogens is 1. The first-order chi connectivity index (χ1) is 31.1. The molecule has 5 amide bonds. The second kappa shape index (κ2) is 18.8. The van der Waals surface area contributed by atoms with Crippen molar-refractivity contribution in [3.8, 4) is 0 Å². The van der Waals surface area contributed by atoms with Gasteiger partial charge < -0.3 is 20.0 Å². The number of aliphatic hydroxyl groups is 2. The van der Waals surface area contributed by atoms with Crippen LogP contribution in [0, 0.1) is 11.8 Å². The lowest BCUT2D eigenvalue weighted by atomic mass is 9.81. The van der Waals surface area contributed by atoms with E-state index < -0.39 is 18.6 Å². The summed E-state index contributed by atoms with van der Waals surface area (Å²) in [5.41, 5.74) is 5.91. The zero-order valence-electron chi connectivity index (χ0n) is 36.2. The summed E-state index contributed by atoms with van der Waals surface area (Å²) in [5.74, 6) is -0.357. The van der Waals surface area contributed by atoms with Crippen molar-refractivity contribution < 1.29 is 39.0 Å². The van der Waals surface area contributed by atoms with Crippen LogP contribution in [0.5, 0.6) is 0 Å². The molecule has 3 aromatic carbocycles. The number of fused-ring (bicyclic) bond motifs is 5. The summed E-state index contributed by atoms with van der Waals surface area (Å²) < 4.78 is 0. The standard InChI is InChI=1S/C29H33N3O4.C21H25ClN2O4/c33-18-21(34)14-15-27(35)31(20-12-13-20)28-22-7-2-4-10-25(22)32(26-11-5-8-23(26)28)29(36)30-17-16-19-6-1-3-9-24(19)30;22-21(28)24-17-6-2-1-4-15(17)20(16-5-3-7-18(16)24)23(13-8-9-13)19(27)11-10-14(26)12-25/h1-4,6-7,9-10,20,23,26,28,33H,5,8,11-18H2;1-2,4,6,13,16,18,20,25H,3,5,7-12H2. The van der Waals surface area contributed by atoms with Crippen LogP contribution in [0.3, 0.4) is 0 Å². The van der Waals surface area contributed by atoms with Crippen LogP contribution in [0.1, 0.15) is 119 Å². The number of nitrogens with zero attached hydrogens (tertiary/aromatic N) is 5. The fourth-order valence-electron chi connectivity index (χ4n) is 11.7. The maximum atomic E-state index is 14.1. The Kier molecular flexibility index (Phi) is 12.9. The number of anilines is 3. The van der Waals surface area contributed by atoms with Gasteiger partial charge in [0.2, 0.25) is 11.8 Å².